The van der Waals surface area contributed by atoms with Crippen LogP contribution in [0.1, 0.15) is 13.3 Å². The van der Waals surface area contributed by atoms with E-state index in [4.69, 9.17) is 6.42 Å². The maximum Gasteiger partial charge on any atom is 0.208 e. The SMILES string of the molecule is C#CC(=O)C1CCNCC1C. The minimum atomic E-state index is -0.0287. The van der Waals surface area contributed by atoms with Gasteiger partial charge in [0.15, 0.2) is 0 Å². The second kappa shape index (κ2) is 3.54. The van der Waals surface area contributed by atoms with E-state index in [9.17, 15) is 4.79 Å². The Morgan fingerprint density at radius 3 is 3.00 bits per heavy atom. The largest absolute Gasteiger partial charge is 0.316 e. The summed E-state index contributed by atoms with van der Waals surface area (Å²) in [4.78, 5) is 11.1. The van der Waals surface area contributed by atoms with Crippen molar-refractivity contribution in [2.45, 2.75) is 13.3 Å². The number of terminal acetylenes is 1. The van der Waals surface area contributed by atoms with E-state index in [1.54, 1.807) is 0 Å². The van der Waals surface area contributed by atoms with E-state index in [0.29, 0.717) is 5.92 Å². The third kappa shape index (κ3) is 1.81. The molecular formula is C9H13NO. The summed E-state index contributed by atoms with van der Waals surface area (Å²) >= 11 is 0. The van der Waals surface area contributed by atoms with Gasteiger partial charge in [-0.05, 0) is 31.3 Å². The summed E-state index contributed by atoms with van der Waals surface area (Å²) in [5, 5.41) is 3.22. The van der Waals surface area contributed by atoms with Crippen molar-refractivity contribution in [1.29, 1.82) is 0 Å². The first-order chi connectivity index (χ1) is 5.25. The molecule has 0 aromatic heterocycles. The van der Waals surface area contributed by atoms with Crippen molar-refractivity contribution in [3.63, 3.8) is 0 Å². The van der Waals surface area contributed by atoms with E-state index in [1.165, 1.54) is 0 Å². The van der Waals surface area contributed by atoms with E-state index in [0.717, 1.165) is 19.5 Å². The van der Waals surface area contributed by atoms with Crippen LogP contribution >= 0.6 is 0 Å². The predicted octanol–water partition coefficient (Wildman–Crippen LogP) is 0.434. The molecule has 0 spiro atoms. The molecular weight excluding hydrogens is 138 g/mol. The molecule has 0 saturated carbocycles. The molecule has 0 aliphatic carbocycles. The van der Waals surface area contributed by atoms with E-state index < -0.39 is 0 Å². The molecule has 1 aliphatic rings. The van der Waals surface area contributed by atoms with Gasteiger partial charge in [-0.15, -0.1) is 6.42 Å². The van der Waals surface area contributed by atoms with Crippen molar-refractivity contribution >= 4 is 5.78 Å². The molecule has 0 bridgehead atoms. The third-order valence-electron chi connectivity index (χ3n) is 2.26. The van der Waals surface area contributed by atoms with Gasteiger partial charge in [-0.2, -0.15) is 0 Å². The minimum Gasteiger partial charge on any atom is -0.316 e. The van der Waals surface area contributed by atoms with Crippen LogP contribution in [-0.2, 0) is 4.79 Å². The number of nitrogens with one attached hydrogen (secondary N) is 1. The topological polar surface area (TPSA) is 29.1 Å². The molecule has 1 aliphatic heterocycles. The second-order valence-corrected chi connectivity index (χ2v) is 3.09. The molecule has 0 amide bonds. The Bertz CT molecular complexity index is 192. The summed E-state index contributed by atoms with van der Waals surface area (Å²) in [5.41, 5.74) is 0. The van der Waals surface area contributed by atoms with Crippen LogP contribution in [0.5, 0.6) is 0 Å². The Kier molecular flexibility index (Phi) is 2.67. The average molecular weight is 151 g/mol. The maximum absolute atomic E-state index is 11.1. The molecule has 0 aromatic rings. The first-order valence-electron chi connectivity index (χ1n) is 3.97. The van der Waals surface area contributed by atoms with Crippen LogP contribution in [0, 0.1) is 24.2 Å². The number of Topliss-reactive ketones (excluding diaryl/α,β-unsaturated/α-hetero) is 1. The van der Waals surface area contributed by atoms with Gasteiger partial charge in [0.05, 0.1) is 0 Å². The second-order valence-electron chi connectivity index (χ2n) is 3.09. The lowest BCUT2D eigenvalue weighted by atomic mass is 9.85. The van der Waals surface area contributed by atoms with Crippen molar-refractivity contribution in [3.8, 4) is 12.3 Å². The lowest BCUT2D eigenvalue weighted by molar-refractivity contribution is -0.119. The molecule has 1 N–H and O–H groups in total. The van der Waals surface area contributed by atoms with E-state index in [1.807, 2.05) is 0 Å². The van der Waals surface area contributed by atoms with Gasteiger partial charge in [-0.25, -0.2) is 0 Å². The highest BCUT2D eigenvalue weighted by Crippen LogP contribution is 2.18. The summed E-state index contributed by atoms with van der Waals surface area (Å²) in [7, 11) is 0. The van der Waals surface area contributed by atoms with Crippen molar-refractivity contribution in [2.24, 2.45) is 11.8 Å². The lowest BCUT2D eigenvalue weighted by Gasteiger charge is -2.26. The monoisotopic (exact) mass is 151 g/mol. The van der Waals surface area contributed by atoms with Crippen LogP contribution in [-0.4, -0.2) is 18.9 Å². The number of piperidine rings is 1. The zero-order chi connectivity index (χ0) is 8.27. The van der Waals surface area contributed by atoms with Crippen LogP contribution in [0.2, 0.25) is 0 Å². The molecule has 2 atom stereocenters. The van der Waals surface area contributed by atoms with Crippen molar-refractivity contribution in [1.82, 2.24) is 5.32 Å². The highest BCUT2D eigenvalue weighted by molar-refractivity contribution is 5.96. The fraction of sp³-hybridized carbons (Fsp3) is 0.667. The fourth-order valence-electron chi connectivity index (χ4n) is 1.51. The van der Waals surface area contributed by atoms with Crippen LogP contribution in [0.3, 0.4) is 0 Å². The Hall–Kier alpha value is -0.810. The number of hydrogen-bond donors (Lipinski definition) is 1. The molecule has 2 nitrogen and oxygen atoms in total. The average Bonchev–Trinajstić information content (AvgIpc) is 2.04. The molecule has 0 aromatic carbocycles. The van der Waals surface area contributed by atoms with Gasteiger partial charge in [0.2, 0.25) is 5.78 Å². The van der Waals surface area contributed by atoms with Gasteiger partial charge in [0.25, 0.3) is 0 Å². The van der Waals surface area contributed by atoms with E-state index >= 15 is 0 Å². The predicted molar refractivity (Wildman–Crippen MR) is 44.0 cm³/mol. The van der Waals surface area contributed by atoms with Gasteiger partial charge in [0, 0.05) is 5.92 Å². The zero-order valence-electron chi connectivity index (χ0n) is 6.76. The maximum atomic E-state index is 11.1. The minimum absolute atomic E-state index is 0.0287. The number of carbonyl (C=O) groups excluding carboxylic acids is 1. The van der Waals surface area contributed by atoms with Gasteiger partial charge in [-0.1, -0.05) is 6.92 Å². The smallest absolute Gasteiger partial charge is 0.208 e. The summed E-state index contributed by atoms with van der Waals surface area (Å²) in [6, 6.07) is 0. The quantitative estimate of drug-likeness (QED) is 0.435. The number of ketones is 1. The number of carbonyl (C=O) groups is 1. The Labute approximate surface area is 67.4 Å². The Morgan fingerprint density at radius 2 is 2.45 bits per heavy atom. The summed E-state index contributed by atoms with van der Waals surface area (Å²) in [6.45, 7) is 3.90. The normalized spacial score (nSPS) is 30.9. The van der Waals surface area contributed by atoms with Crippen LogP contribution in [0.4, 0.5) is 0 Å². The first kappa shape index (κ1) is 8.29. The molecule has 0 radical (unpaired) electrons. The molecule has 1 fully saturated rings. The van der Waals surface area contributed by atoms with Crippen LogP contribution in [0.25, 0.3) is 0 Å². The number of rotatable bonds is 1. The summed E-state index contributed by atoms with van der Waals surface area (Å²) < 4.78 is 0. The van der Waals surface area contributed by atoms with Gasteiger partial charge in [-0.3, -0.25) is 4.79 Å². The van der Waals surface area contributed by atoms with Gasteiger partial charge < -0.3 is 5.32 Å². The van der Waals surface area contributed by atoms with Crippen molar-refractivity contribution in [3.05, 3.63) is 0 Å². The fourth-order valence-corrected chi connectivity index (χ4v) is 1.51. The summed E-state index contributed by atoms with van der Waals surface area (Å²) in [5.74, 6) is 2.66. The standard InChI is InChI=1S/C9H13NO/c1-3-9(11)8-4-5-10-6-7(8)2/h1,7-8,10H,4-6H2,2H3. The number of hydrogen-bond acceptors (Lipinski definition) is 2. The molecule has 1 saturated heterocycles. The Morgan fingerprint density at radius 1 is 1.73 bits per heavy atom. The van der Waals surface area contributed by atoms with Gasteiger partial charge >= 0.3 is 0 Å². The molecule has 1 rings (SSSR count). The van der Waals surface area contributed by atoms with Crippen molar-refractivity contribution in [2.75, 3.05) is 13.1 Å². The first-order valence-corrected chi connectivity index (χ1v) is 3.97. The highest BCUT2D eigenvalue weighted by Gasteiger charge is 2.25. The molecule has 1 heterocycles. The van der Waals surface area contributed by atoms with Crippen LogP contribution in [0.15, 0.2) is 0 Å². The van der Waals surface area contributed by atoms with Gasteiger partial charge in [0.1, 0.15) is 0 Å². The Balaban J connectivity index is 2.56. The third-order valence-corrected chi connectivity index (χ3v) is 2.26. The molecule has 2 heteroatoms. The molecule has 60 valence electrons. The molecule has 2 unspecified atom stereocenters. The lowest BCUT2D eigenvalue weighted by Crippen LogP contribution is -2.38. The zero-order valence-corrected chi connectivity index (χ0v) is 6.76. The van der Waals surface area contributed by atoms with E-state index in [-0.39, 0.29) is 11.7 Å². The highest BCUT2D eigenvalue weighted by atomic mass is 16.1. The van der Waals surface area contributed by atoms with Crippen LogP contribution < -0.4 is 5.32 Å². The summed E-state index contributed by atoms with van der Waals surface area (Å²) in [6.07, 6.45) is 5.94. The van der Waals surface area contributed by atoms with Crippen molar-refractivity contribution < 1.29 is 4.79 Å². The molecule has 11 heavy (non-hydrogen) atoms. The van der Waals surface area contributed by atoms with E-state index in [2.05, 4.69) is 18.2 Å².